The first kappa shape index (κ1) is 23.2. The van der Waals surface area contributed by atoms with Crippen molar-refractivity contribution in [3.8, 4) is 0 Å². The standard InChI is InChI=1S/C19H13Cl3F3N3O3/c1-18(11-4-3-10(20)7-13(11)22)16(30)28(17(31)27-18)8-15(29)26-14-6-9(19(23,24)25)2-5-12(14)21/h2-7H,8H2,1H3,(H,26,29)(H,27,31). The van der Waals surface area contributed by atoms with Crippen LogP contribution in [-0.2, 0) is 21.3 Å². The lowest BCUT2D eigenvalue weighted by Gasteiger charge is -2.23. The Hall–Kier alpha value is -2.49. The van der Waals surface area contributed by atoms with E-state index in [9.17, 15) is 27.6 Å². The van der Waals surface area contributed by atoms with E-state index >= 15 is 0 Å². The Balaban J connectivity index is 1.80. The second-order valence-electron chi connectivity index (χ2n) is 6.81. The molecule has 0 aliphatic carbocycles. The summed E-state index contributed by atoms with van der Waals surface area (Å²) in [5.74, 6) is -1.69. The Morgan fingerprint density at radius 1 is 1.10 bits per heavy atom. The van der Waals surface area contributed by atoms with Crippen molar-refractivity contribution in [3.63, 3.8) is 0 Å². The molecule has 0 saturated carbocycles. The lowest BCUT2D eigenvalue weighted by atomic mass is 9.92. The molecule has 0 radical (unpaired) electrons. The third-order valence-corrected chi connectivity index (χ3v) is 5.49. The van der Waals surface area contributed by atoms with Gasteiger partial charge >= 0.3 is 12.2 Å². The Bertz CT molecular complexity index is 1090. The van der Waals surface area contributed by atoms with E-state index in [4.69, 9.17) is 34.8 Å². The van der Waals surface area contributed by atoms with Crippen LogP contribution in [0.5, 0.6) is 0 Å². The molecule has 0 bridgehead atoms. The van der Waals surface area contributed by atoms with E-state index in [1.807, 2.05) is 0 Å². The molecule has 31 heavy (non-hydrogen) atoms. The number of hydrogen-bond donors (Lipinski definition) is 2. The number of nitrogens with zero attached hydrogens (tertiary/aromatic N) is 1. The van der Waals surface area contributed by atoms with Gasteiger partial charge in [-0.15, -0.1) is 0 Å². The molecule has 1 saturated heterocycles. The number of rotatable bonds is 4. The normalized spacial score (nSPS) is 18.9. The van der Waals surface area contributed by atoms with Gasteiger partial charge in [-0.1, -0.05) is 40.9 Å². The maximum atomic E-state index is 12.9. The van der Waals surface area contributed by atoms with Crippen molar-refractivity contribution in [1.29, 1.82) is 0 Å². The molecule has 1 unspecified atom stereocenters. The molecule has 2 aromatic rings. The van der Waals surface area contributed by atoms with E-state index in [1.165, 1.54) is 25.1 Å². The van der Waals surface area contributed by atoms with Crippen molar-refractivity contribution in [2.75, 3.05) is 11.9 Å². The number of alkyl halides is 3. The van der Waals surface area contributed by atoms with Gasteiger partial charge in [0.1, 0.15) is 12.1 Å². The van der Waals surface area contributed by atoms with E-state index in [0.717, 1.165) is 12.1 Å². The van der Waals surface area contributed by atoms with Crippen LogP contribution in [0, 0.1) is 0 Å². The molecule has 0 aromatic heterocycles. The summed E-state index contributed by atoms with van der Waals surface area (Å²) in [5, 5.41) is 4.97. The van der Waals surface area contributed by atoms with E-state index in [-0.39, 0.29) is 21.3 Å². The van der Waals surface area contributed by atoms with Gasteiger partial charge in [-0.3, -0.25) is 14.5 Å². The van der Waals surface area contributed by atoms with Crippen LogP contribution in [0.4, 0.5) is 23.7 Å². The van der Waals surface area contributed by atoms with Gasteiger partial charge in [0.2, 0.25) is 5.91 Å². The Morgan fingerprint density at radius 3 is 2.39 bits per heavy atom. The molecule has 6 nitrogen and oxygen atoms in total. The predicted octanol–water partition coefficient (Wildman–Crippen LogP) is 5.07. The van der Waals surface area contributed by atoms with Gasteiger partial charge in [-0.25, -0.2) is 4.79 Å². The molecule has 1 aliphatic heterocycles. The number of carbonyl (C=O) groups is 3. The second kappa shape index (κ2) is 8.22. The van der Waals surface area contributed by atoms with Crippen LogP contribution in [0.15, 0.2) is 36.4 Å². The number of imide groups is 1. The van der Waals surface area contributed by atoms with Gasteiger partial charge in [0.05, 0.1) is 16.3 Å². The fraction of sp³-hybridized carbons (Fsp3) is 0.211. The number of anilines is 1. The van der Waals surface area contributed by atoms with Crippen LogP contribution in [-0.4, -0.2) is 29.3 Å². The monoisotopic (exact) mass is 493 g/mol. The molecule has 3 rings (SSSR count). The first-order valence-corrected chi connectivity index (χ1v) is 9.72. The molecule has 1 heterocycles. The van der Waals surface area contributed by atoms with Crippen molar-refractivity contribution in [2.24, 2.45) is 0 Å². The predicted molar refractivity (Wildman–Crippen MR) is 109 cm³/mol. The summed E-state index contributed by atoms with van der Waals surface area (Å²) in [7, 11) is 0. The van der Waals surface area contributed by atoms with Gasteiger partial charge < -0.3 is 10.6 Å². The number of halogens is 6. The van der Waals surface area contributed by atoms with Crippen molar-refractivity contribution >= 4 is 58.3 Å². The third-order valence-electron chi connectivity index (χ3n) is 4.61. The van der Waals surface area contributed by atoms with Crippen LogP contribution in [0.25, 0.3) is 0 Å². The van der Waals surface area contributed by atoms with Crippen molar-refractivity contribution in [3.05, 3.63) is 62.6 Å². The Morgan fingerprint density at radius 2 is 1.77 bits per heavy atom. The fourth-order valence-electron chi connectivity index (χ4n) is 3.05. The van der Waals surface area contributed by atoms with Crippen LogP contribution >= 0.6 is 34.8 Å². The maximum absolute atomic E-state index is 12.9. The maximum Gasteiger partial charge on any atom is 0.416 e. The topological polar surface area (TPSA) is 78.5 Å². The Labute approximate surface area is 189 Å². The van der Waals surface area contributed by atoms with Gasteiger partial charge in [0.15, 0.2) is 0 Å². The van der Waals surface area contributed by atoms with E-state index < -0.39 is 41.7 Å². The zero-order chi connectivity index (χ0) is 23.1. The number of amides is 4. The molecule has 164 valence electrons. The summed E-state index contributed by atoms with van der Waals surface area (Å²) in [6.07, 6.45) is -4.64. The summed E-state index contributed by atoms with van der Waals surface area (Å²) in [6.45, 7) is 0.655. The number of nitrogens with one attached hydrogen (secondary N) is 2. The smallest absolute Gasteiger partial charge is 0.323 e. The molecular weight excluding hydrogens is 482 g/mol. The summed E-state index contributed by atoms with van der Waals surface area (Å²) in [4.78, 5) is 38.3. The number of hydrogen-bond acceptors (Lipinski definition) is 3. The SMILES string of the molecule is CC1(c2ccc(Cl)cc2Cl)NC(=O)N(CC(=O)Nc2cc(C(F)(F)F)ccc2Cl)C1=O. The molecule has 12 heteroatoms. The molecule has 2 aromatic carbocycles. The van der Waals surface area contributed by atoms with Crippen molar-refractivity contribution < 1.29 is 27.6 Å². The largest absolute Gasteiger partial charge is 0.416 e. The Kier molecular flexibility index (Phi) is 6.14. The fourth-order valence-corrected chi connectivity index (χ4v) is 3.81. The van der Waals surface area contributed by atoms with Crippen LogP contribution in [0.3, 0.4) is 0 Å². The van der Waals surface area contributed by atoms with Crippen LogP contribution in [0.2, 0.25) is 15.1 Å². The average molecular weight is 495 g/mol. The molecule has 1 fully saturated rings. The highest BCUT2D eigenvalue weighted by Crippen LogP contribution is 2.36. The van der Waals surface area contributed by atoms with Crippen LogP contribution < -0.4 is 10.6 Å². The van der Waals surface area contributed by atoms with Gasteiger partial charge in [-0.05, 0) is 37.3 Å². The third kappa shape index (κ3) is 4.58. The quantitative estimate of drug-likeness (QED) is 0.583. The lowest BCUT2D eigenvalue weighted by molar-refractivity contribution is -0.137. The molecule has 1 aliphatic rings. The molecule has 0 spiro atoms. The highest BCUT2D eigenvalue weighted by Gasteiger charge is 2.50. The second-order valence-corrected chi connectivity index (χ2v) is 8.06. The molecular formula is C19H13Cl3F3N3O3. The molecule has 1 atom stereocenters. The minimum absolute atomic E-state index is 0.130. The summed E-state index contributed by atoms with van der Waals surface area (Å²) >= 11 is 17.9. The molecule has 4 amide bonds. The average Bonchev–Trinajstić information content (AvgIpc) is 2.86. The van der Waals surface area contributed by atoms with Gasteiger partial charge in [0.25, 0.3) is 5.91 Å². The highest BCUT2D eigenvalue weighted by molar-refractivity contribution is 6.35. The highest BCUT2D eigenvalue weighted by atomic mass is 35.5. The molecule has 2 N–H and O–H groups in total. The lowest BCUT2D eigenvalue weighted by Crippen LogP contribution is -2.42. The first-order chi connectivity index (χ1) is 14.3. The van der Waals surface area contributed by atoms with Crippen molar-refractivity contribution in [2.45, 2.75) is 18.6 Å². The van der Waals surface area contributed by atoms with Crippen molar-refractivity contribution in [1.82, 2.24) is 10.2 Å². The zero-order valence-corrected chi connectivity index (χ0v) is 17.9. The van der Waals surface area contributed by atoms with Crippen LogP contribution in [0.1, 0.15) is 18.1 Å². The van der Waals surface area contributed by atoms with E-state index in [2.05, 4.69) is 10.6 Å². The summed E-state index contributed by atoms with van der Waals surface area (Å²) < 4.78 is 38.7. The number of urea groups is 1. The first-order valence-electron chi connectivity index (χ1n) is 8.59. The minimum atomic E-state index is -4.64. The zero-order valence-electron chi connectivity index (χ0n) is 15.6. The van der Waals surface area contributed by atoms with E-state index in [0.29, 0.717) is 16.0 Å². The number of carbonyl (C=O) groups excluding carboxylic acids is 3. The summed E-state index contributed by atoms with van der Waals surface area (Å²) in [5.41, 5.74) is -2.63. The van der Waals surface area contributed by atoms with Gasteiger partial charge in [-0.2, -0.15) is 13.2 Å². The summed E-state index contributed by atoms with van der Waals surface area (Å²) in [6, 6.07) is 5.87. The minimum Gasteiger partial charge on any atom is -0.323 e. The van der Waals surface area contributed by atoms with Gasteiger partial charge in [0, 0.05) is 15.6 Å². The van der Waals surface area contributed by atoms with E-state index in [1.54, 1.807) is 0 Å². The number of benzene rings is 2.